The van der Waals surface area contributed by atoms with Crippen LogP contribution in [0.25, 0.3) is 66.6 Å². The first kappa shape index (κ1) is 37.5. The Morgan fingerprint density at radius 3 is 2.34 bits per heavy atom. The molecule has 0 unspecified atom stereocenters. The van der Waals surface area contributed by atoms with Gasteiger partial charge in [0, 0.05) is 48.1 Å². The van der Waals surface area contributed by atoms with Crippen molar-refractivity contribution in [2.45, 2.75) is 46.0 Å². The summed E-state index contributed by atoms with van der Waals surface area (Å²) in [6.07, 6.45) is 8.75. The van der Waals surface area contributed by atoms with E-state index < -0.39 is 5.82 Å². The maximum Gasteiger partial charge on any atom is 0.156 e. The van der Waals surface area contributed by atoms with Gasteiger partial charge < -0.3 is 5.32 Å². The lowest BCUT2D eigenvalue weighted by molar-refractivity contribution is 0.318. The second kappa shape index (κ2) is 15.4. The number of halogens is 3. The second-order valence-corrected chi connectivity index (χ2v) is 15.3. The minimum atomic E-state index is -0.411. The van der Waals surface area contributed by atoms with E-state index in [4.69, 9.17) is 0 Å². The van der Waals surface area contributed by atoms with Crippen LogP contribution in [-0.4, -0.2) is 77.2 Å². The second-order valence-electron chi connectivity index (χ2n) is 15.3. The monoisotopic (exact) mass is 780 g/mol. The smallest absolute Gasteiger partial charge is 0.156 e. The Hall–Kier alpha value is -6.05. The Morgan fingerprint density at radius 2 is 1.55 bits per heavy atom. The predicted octanol–water partition coefficient (Wildman–Crippen LogP) is 8.74. The van der Waals surface area contributed by atoms with Crippen molar-refractivity contribution in [3.8, 4) is 22.6 Å². The summed E-state index contributed by atoms with van der Waals surface area (Å²) in [4.78, 5) is 11.3. The molecule has 0 amide bonds. The third-order valence-electron chi connectivity index (χ3n) is 11.3. The van der Waals surface area contributed by atoms with Crippen LogP contribution in [0.1, 0.15) is 54.5 Å². The lowest BCUT2D eigenvalue weighted by Crippen LogP contribution is -2.28. The van der Waals surface area contributed by atoms with Crippen LogP contribution < -0.4 is 5.32 Å². The summed E-state index contributed by atoms with van der Waals surface area (Å²) in [6, 6.07) is 17.8. The van der Waals surface area contributed by atoms with Crippen molar-refractivity contribution in [3.63, 3.8) is 0 Å². The summed E-state index contributed by atoms with van der Waals surface area (Å²) in [6.45, 7) is 10.9. The number of aryl methyl sites for hydroxylation is 3. The molecule has 1 fully saturated rings. The molecule has 3 aromatic carbocycles. The molecule has 0 saturated carbocycles. The van der Waals surface area contributed by atoms with Gasteiger partial charge in [0.2, 0.25) is 0 Å². The van der Waals surface area contributed by atoms with E-state index in [2.05, 4.69) is 53.6 Å². The molecule has 2 aliphatic heterocycles. The number of imidazole rings is 1. The highest BCUT2D eigenvalue weighted by atomic mass is 19.1. The van der Waals surface area contributed by atoms with Crippen molar-refractivity contribution in [1.29, 1.82) is 0 Å². The average Bonchev–Trinajstić information content (AvgIpc) is 3.82. The van der Waals surface area contributed by atoms with Crippen LogP contribution in [0.15, 0.2) is 79.1 Å². The lowest BCUT2D eigenvalue weighted by Gasteiger charge is -2.25. The zero-order chi connectivity index (χ0) is 40.1. The van der Waals surface area contributed by atoms with Crippen LogP contribution in [0.2, 0.25) is 0 Å². The Labute approximate surface area is 333 Å². The van der Waals surface area contributed by atoms with Crippen molar-refractivity contribution in [2.24, 2.45) is 7.05 Å². The van der Waals surface area contributed by atoms with Crippen LogP contribution in [0.3, 0.4) is 0 Å². The van der Waals surface area contributed by atoms with Gasteiger partial charge in [0.1, 0.15) is 34.1 Å². The molecule has 1 saturated heterocycles. The normalized spacial score (nSPS) is 15.3. The fourth-order valence-electron chi connectivity index (χ4n) is 8.17. The Kier molecular flexibility index (Phi) is 9.94. The topological polar surface area (TPSA) is 102 Å². The first-order valence-electron chi connectivity index (χ1n) is 19.8. The van der Waals surface area contributed by atoms with Gasteiger partial charge in [-0.25, -0.2) is 27.7 Å². The van der Waals surface area contributed by atoms with Crippen LogP contribution in [0, 0.1) is 31.3 Å². The molecule has 58 heavy (non-hydrogen) atoms. The summed E-state index contributed by atoms with van der Waals surface area (Å²) in [5, 5.41) is 22.6. The first-order chi connectivity index (χ1) is 28.1. The van der Waals surface area contributed by atoms with Crippen LogP contribution in [0.4, 0.5) is 13.2 Å². The van der Waals surface area contributed by atoms with Crippen molar-refractivity contribution in [2.75, 3.05) is 32.7 Å². The molecule has 1 N–H and O–H groups in total. The van der Waals surface area contributed by atoms with Gasteiger partial charge in [-0.05, 0) is 136 Å². The van der Waals surface area contributed by atoms with Crippen LogP contribution in [-0.2, 0) is 7.05 Å². The number of fused-ring (bicyclic) bond motifs is 4. The molecule has 294 valence electrons. The fourth-order valence-corrected chi connectivity index (χ4v) is 8.17. The molecular formula is C45H43F3N10. The van der Waals surface area contributed by atoms with Gasteiger partial charge >= 0.3 is 0 Å². The molecule has 2 aliphatic rings. The number of benzene rings is 3. The third kappa shape index (κ3) is 7.31. The highest BCUT2D eigenvalue weighted by molar-refractivity contribution is 5.89. The van der Waals surface area contributed by atoms with Gasteiger partial charge in [-0.1, -0.05) is 19.1 Å². The van der Waals surface area contributed by atoms with E-state index in [-0.39, 0.29) is 11.6 Å². The molecule has 10 rings (SSSR count). The average molecular weight is 781 g/mol. The van der Waals surface area contributed by atoms with Gasteiger partial charge in [-0.2, -0.15) is 10.2 Å². The zero-order valence-electron chi connectivity index (χ0n) is 32.9. The molecular weight excluding hydrogens is 738 g/mol. The van der Waals surface area contributed by atoms with Gasteiger partial charge in [-0.15, -0.1) is 10.2 Å². The minimum absolute atomic E-state index is 0.251. The summed E-state index contributed by atoms with van der Waals surface area (Å²) < 4.78 is 47.7. The predicted molar refractivity (Wildman–Crippen MR) is 222 cm³/mol. The highest BCUT2D eigenvalue weighted by Crippen LogP contribution is 2.32. The maximum atomic E-state index is 15.0. The Bertz CT molecular complexity index is 2890. The number of nitrogens with one attached hydrogen (secondary N) is 1. The van der Waals surface area contributed by atoms with E-state index in [1.54, 1.807) is 40.6 Å². The molecule has 7 heterocycles. The zero-order valence-corrected chi connectivity index (χ0v) is 32.9. The summed E-state index contributed by atoms with van der Waals surface area (Å²) in [5.74, 6) is -0.645. The van der Waals surface area contributed by atoms with Crippen molar-refractivity contribution < 1.29 is 13.2 Å². The van der Waals surface area contributed by atoms with E-state index >= 15 is 0 Å². The molecule has 8 aromatic rings. The molecule has 0 atom stereocenters. The van der Waals surface area contributed by atoms with E-state index in [9.17, 15) is 13.2 Å². The number of rotatable bonds is 5. The van der Waals surface area contributed by atoms with Gasteiger partial charge in [0.05, 0.1) is 23.1 Å². The van der Waals surface area contributed by atoms with E-state index in [0.29, 0.717) is 55.9 Å². The van der Waals surface area contributed by atoms with E-state index in [1.165, 1.54) is 11.6 Å². The lowest BCUT2D eigenvalue weighted by atomic mass is 9.89. The molecule has 0 bridgehead atoms. The van der Waals surface area contributed by atoms with Gasteiger partial charge in [0.25, 0.3) is 0 Å². The number of nitrogens with zero attached hydrogens (tertiary/aromatic N) is 9. The summed E-state index contributed by atoms with van der Waals surface area (Å²) >= 11 is 0. The quantitative estimate of drug-likeness (QED) is 0.185. The molecule has 0 radical (unpaired) electrons. The Morgan fingerprint density at radius 1 is 0.759 bits per heavy atom. The molecule has 13 heteroatoms. The van der Waals surface area contributed by atoms with Crippen LogP contribution in [0.5, 0.6) is 0 Å². The van der Waals surface area contributed by atoms with E-state index in [1.807, 2.05) is 56.4 Å². The van der Waals surface area contributed by atoms with Gasteiger partial charge in [0.15, 0.2) is 11.5 Å². The first-order valence-corrected chi connectivity index (χ1v) is 19.8. The fraction of sp³-hybridized carbons (Fsp3) is 0.289. The third-order valence-corrected chi connectivity index (χ3v) is 11.3. The number of hydrogen-bond donors (Lipinski definition) is 1. The SMILES string of the molecule is CCN1CC=C(c2cc(F)c3nc(-c4cc(F)c5nn(C)cc5c4)ccc3c2)CC1.Cc1cn2nc(-c3cc4c(F)cc(C5CCNCC5)cc4nn3)cc(C)c2n1. The van der Waals surface area contributed by atoms with Crippen molar-refractivity contribution in [1.82, 2.24) is 49.8 Å². The maximum absolute atomic E-state index is 15.0. The van der Waals surface area contributed by atoms with Crippen LogP contribution >= 0.6 is 0 Å². The van der Waals surface area contributed by atoms with Crippen molar-refractivity contribution in [3.05, 3.63) is 119 Å². The number of likely N-dealkylation sites (N-methyl/N-ethyl adjacent to an activating group) is 1. The summed E-state index contributed by atoms with van der Waals surface area (Å²) in [7, 11) is 1.75. The minimum Gasteiger partial charge on any atom is -0.317 e. The largest absolute Gasteiger partial charge is 0.317 e. The molecule has 10 nitrogen and oxygen atoms in total. The highest BCUT2D eigenvalue weighted by Gasteiger charge is 2.20. The Balaban J connectivity index is 0.000000151. The standard InChI is InChI=1S/C24H22F2N4.C21H21FN6/c1-3-30-8-6-15(7-9-30)17-10-16-4-5-22(27-23(16)20(25)12-17)18-11-19-14-29(2)28-24(19)21(26)13-18;1-12-7-20(27-28-11-13(2)24-21(12)28)19-10-16-17(22)8-15(9-18(16)25-26-19)14-3-5-23-6-4-14/h4-6,10-14H,3,7-9H2,1-2H3;7-11,14,23H,3-6H2,1-2H3. The molecule has 0 spiro atoms. The van der Waals surface area contributed by atoms with E-state index in [0.717, 1.165) is 85.4 Å². The molecule has 5 aromatic heterocycles. The van der Waals surface area contributed by atoms with Gasteiger partial charge in [-0.3, -0.25) is 9.58 Å². The summed E-state index contributed by atoms with van der Waals surface area (Å²) in [5.41, 5.74) is 9.35. The van der Waals surface area contributed by atoms with Crippen molar-refractivity contribution >= 4 is 43.9 Å². The number of pyridine rings is 1. The number of hydrogen-bond acceptors (Lipinski definition) is 8. The number of aromatic nitrogens is 8. The molecule has 0 aliphatic carbocycles. The number of piperidine rings is 1.